The molecule has 1 aliphatic rings. The summed E-state index contributed by atoms with van der Waals surface area (Å²) in [5.41, 5.74) is 14.9. The van der Waals surface area contributed by atoms with Gasteiger partial charge < -0.3 is 16.8 Å². The van der Waals surface area contributed by atoms with Gasteiger partial charge in [0.1, 0.15) is 11.6 Å². The number of carbonyl (C=O) groups excluding carboxylic acids is 1. The topological polar surface area (TPSA) is 144 Å². The molecule has 2 atom stereocenters. The number of rotatable bonds is 3. The van der Waals surface area contributed by atoms with Crippen LogP contribution in [0.4, 0.5) is 17.3 Å². The zero-order chi connectivity index (χ0) is 19.1. The molecule has 0 bridgehead atoms. The Balaban J connectivity index is 1.71. The number of nitrogens with two attached hydrogens (primary N) is 2. The molecule has 4 rings (SSSR count). The number of hydrogen-bond donors (Lipinski definition) is 3. The molecular formula is C19H17N7O. The molecule has 3 heterocycles. The van der Waals surface area contributed by atoms with Crippen LogP contribution < -0.4 is 16.8 Å². The van der Waals surface area contributed by atoms with Crippen LogP contribution in [-0.2, 0) is 4.79 Å². The molecule has 8 heteroatoms. The standard InChI is InChI=1S/C19H17N7O/c1-9-13(6-23-8-15(9)21)16-3-10-4-17(24-7-14(10)18(22)25-16)26-19(27)12-2-11(12)5-20/h3-4,6-8,11-12H,2,21H2,1H3,(H2,22,25)(H,24,26,27). The summed E-state index contributed by atoms with van der Waals surface area (Å²) in [6.45, 7) is 1.90. The van der Waals surface area contributed by atoms with Crippen molar-refractivity contribution in [3.8, 4) is 17.3 Å². The minimum atomic E-state index is -0.258. The van der Waals surface area contributed by atoms with Gasteiger partial charge in [0.2, 0.25) is 5.91 Å². The quantitative estimate of drug-likeness (QED) is 0.650. The van der Waals surface area contributed by atoms with Crippen LogP contribution in [0.25, 0.3) is 22.0 Å². The van der Waals surface area contributed by atoms with E-state index in [1.165, 1.54) is 0 Å². The predicted molar refractivity (Wildman–Crippen MR) is 102 cm³/mol. The second-order valence-electron chi connectivity index (χ2n) is 6.65. The first kappa shape index (κ1) is 16.7. The lowest BCUT2D eigenvalue weighted by Gasteiger charge is -2.11. The van der Waals surface area contributed by atoms with Crippen LogP contribution in [0.5, 0.6) is 0 Å². The Morgan fingerprint density at radius 1 is 1.30 bits per heavy atom. The fourth-order valence-corrected chi connectivity index (χ4v) is 3.03. The van der Waals surface area contributed by atoms with Gasteiger partial charge >= 0.3 is 0 Å². The van der Waals surface area contributed by atoms with Gasteiger partial charge in [0.25, 0.3) is 0 Å². The molecule has 3 aromatic heterocycles. The molecule has 1 aliphatic carbocycles. The average Bonchev–Trinajstić information content (AvgIpc) is 3.44. The molecule has 3 aromatic rings. The first-order valence-corrected chi connectivity index (χ1v) is 8.45. The van der Waals surface area contributed by atoms with Crippen molar-refractivity contribution in [3.63, 3.8) is 0 Å². The lowest BCUT2D eigenvalue weighted by Crippen LogP contribution is -2.15. The Morgan fingerprint density at radius 3 is 2.85 bits per heavy atom. The average molecular weight is 359 g/mol. The molecule has 8 nitrogen and oxygen atoms in total. The van der Waals surface area contributed by atoms with Crippen molar-refractivity contribution in [1.82, 2.24) is 15.0 Å². The fraction of sp³-hybridized carbons (Fsp3) is 0.211. The third-order valence-corrected chi connectivity index (χ3v) is 4.82. The van der Waals surface area contributed by atoms with Crippen LogP contribution in [0.2, 0.25) is 0 Å². The molecule has 0 saturated heterocycles. The Morgan fingerprint density at radius 2 is 2.11 bits per heavy atom. The van der Waals surface area contributed by atoms with Crippen molar-refractivity contribution >= 4 is 34.0 Å². The van der Waals surface area contributed by atoms with E-state index in [2.05, 4.69) is 26.3 Å². The highest BCUT2D eigenvalue weighted by Gasteiger charge is 2.43. The number of carbonyl (C=O) groups is 1. The van der Waals surface area contributed by atoms with E-state index < -0.39 is 0 Å². The van der Waals surface area contributed by atoms with E-state index in [0.717, 1.165) is 16.5 Å². The number of amides is 1. The van der Waals surface area contributed by atoms with Crippen molar-refractivity contribution in [2.45, 2.75) is 13.3 Å². The monoisotopic (exact) mass is 359 g/mol. The molecule has 1 fully saturated rings. The van der Waals surface area contributed by atoms with Gasteiger partial charge in [-0.15, -0.1) is 0 Å². The van der Waals surface area contributed by atoms with Gasteiger partial charge in [0, 0.05) is 23.3 Å². The van der Waals surface area contributed by atoms with Gasteiger partial charge in [-0.05, 0) is 36.4 Å². The van der Waals surface area contributed by atoms with Crippen LogP contribution in [0.1, 0.15) is 12.0 Å². The fourth-order valence-electron chi connectivity index (χ4n) is 3.03. The summed E-state index contributed by atoms with van der Waals surface area (Å²) in [5.74, 6) is 0.102. The summed E-state index contributed by atoms with van der Waals surface area (Å²) < 4.78 is 0. The maximum atomic E-state index is 12.2. The molecule has 5 N–H and O–H groups in total. The van der Waals surface area contributed by atoms with E-state index in [4.69, 9.17) is 16.7 Å². The maximum Gasteiger partial charge on any atom is 0.230 e. The van der Waals surface area contributed by atoms with E-state index in [9.17, 15) is 4.79 Å². The summed E-state index contributed by atoms with van der Waals surface area (Å²) >= 11 is 0. The van der Waals surface area contributed by atoms with E-state index in [0.29, 0.717) is 34.8 Å². The predicted octanol–water partition coefficient (Wildman–Crippen LogP) is 2.26. The molecular weight excluding hydrogens is 342 g/mol. The lowest BCUT2D eigenvalue weighted by atomic mass is 10.0. The summed E-state index contributed by atoms with van der Waals surface area (Å²) in [5, 5.41) is 13.1. The number of nitrogen functional groups attached to an aromatic ring is 2. The largest absolute Gasteiger partial charge is 0.397 e. The molecule has 1 saturated carbocycles. The van der Waals surface area contributed by atoms with Crippen molar-refractivity contribution < 1.29 is 4.79 Å². The Labute approximate surface area is 155 Å². The van der Waals surface area contributed by atoms with Crippen molar-refractivity contribution in [1.29, 1.82) is 5.26 Å². The first-order valence-electron chi connectivity index (χ1n) is 8.45. The normalized spacial score (nSPS) is 18.1. The van der Waals surface area contributed by atoms with Crippen molar-refractivity contribution in [2.75, 3.05) is 16.8 Å². The van der Waals surface area contributed by atoms with Crippen LogP contribution in [0, 0.1) is 30.1 Å². The number of hydrogen-bond acceptors (Lipinski definition) is 7. The Bertz CT molecular complexity index is 1120. The third-order valence-electron chi connectivity index (χ3n) is 4.82. The van der Waals surface area contributed by atoms with Crippen LogP contribution >= 0.6 is 0 Å². The number of anilines is 3. The van der Waals surface area contributed by atoms with Gasteiger partial charge in [0.05, 0.1) is 35.5 Å². The van der Waals surface area contributed by atoms with Gasteiger partial charge in [-0.1, -0.05) is 0 Å². The third kappa shape index (κ3) is 3.00. The number of nitrogens with zero attached hydrogens (tertiary/aromatic N) is 4. The Kier molecular flexibility index (Phi) is 3.85. The Hall–Kier alpha value is -3.73. The number of nitriles is 1. The second-order valence-corrected chi connectivity index (χ2v) is 6.65. The van der Waals surface area contributed by atoms with E-state index >= 15 is 0 Å². The van der Waals surface area contributed by atoms with Crippen LogP contribution in [0.15, 0.2) is 30.7 Å². The molecule has 0 radical (unpaired) electrons. The second kappa shape index (κ2) is 6.21. The molecule has 27 heavy (non-hydrogen) atoms. The zero-order valence-electron chi connectivity index (χ0n) is 14.6. The van der Waals surface area contributed by atoms with Gasteiger partial charge in [-0.3, -0.25) is 9.78 Å². The summed E-state index contributed by atoms with van der Waals surface area (Å²) in [6.07, 6.45) is 5.46. The highest BCUT2D eigenvalue weighted by Crippen LogP contribution is 2.38. The molecule has 0 aliphatic heterocycles. The summed E-state index contributed by atoms with van der Waals surface area (Å²) in [4.78, 5) is 25.0. The summed E-state index contributed by atoms with van der Waals surface area (Å²) in [6, 6.07) is 5.71. The minimum Gasteiger partial charge on any atom is -0.397 e. The number of nitrogens with one attached hydrogen (secondary N) is 1. The SMILES string of the molecule is Cc1c(N)cncc1-c1cc2cc(NC(=O)C3CC3C#N)ncc2c(N)n1. The number of pyridine rings is 3. The van der Waals surface area contributed by atoms with Gasteiger partial charge in [-0.2, -0.15) is 5.26 Å². The molecule has 2 unspecified atom stereocenters. The van der Waals surface area contributed by atoms with Crippen LogP contribution in [-0.4, -0.2) is 20.9 Å². The van der Waals surface area contributed by atoms with Gasteiger partial charge in [0.15, 0.2) is 0 Å². The molecule has 0 spiro atoms. The zero-order valence-corrected chi connectivity index (χ0v) is 14.6. The lowest BCUT2D eigenvalue weighted by molar-refractivity contribution is -0.117. The highest BCUT2D eigenvalue weighted by atomic mass is 16.2. The highest BCUT2D eigenvalue weighted by molar-refractivity contribution is 5.98. The van der Waals surface area contributed by atoms with Crippen molar-refractivity contribution in [2.24, 2.45) is 11.8 Å². The minimum absolute atomic E-state index is 0.188. The van der Waals surface area contributed by atoms with Crippen molar-refractivity contribution in [3.05, 3.63) is 36.3 Å². The van der Waals surface area contributed by atoms with Gasteiger partial charge in [-0.25, -0.2) is 9.97 Å². The van der Waals surface area contributed by atoms with E-state index in [1.807, 2.05) is 13.0 Å². The number of aromatic nitrogens is 3. The maximum absolute atomic E-state index is 12.2. The van der Waals surface area contributed by atoms with E-state index in [1.54, 1.807) is 24.7 Å². The smallest absolute Gasteiger partial charge is 0.230 e. The molecule has 1 amide bonds. The first-order chi connectivity index (χ1) is 13.0. The molecule has 0 aromatic carbocycles. The van der Waals surface area contributed by atoms with E-state index in [-0.39, 0.29) is 17.7 Å². The number of fused-ring (bicyclic) bond motifs is 1. The molecule has 134 valence electrons. The van der Waals surface area contributed by atoms with Crippen LogP contribution in [0.3, 0.4) is 0 Å². The summed E-state index contributed by atoms with van der Waals surface area (Å²) in [7, 11) is 0.